The minimum absolute atomic E-state index is 0.254. The van der Waals surface area contributed by atoms with Crippen molar-refractivity contribution < 1.29 is 8.78 Å². The van der Waals surface area contributed by atoms with Crippen molar-refractivity contribution >= 4 is 11.8 Å². The number of hydrogen-bond donors (Lipinski definition) is 0. The van der Waals surface area contributed by atoms with Crippen LogP contribution >= 0.6 is 11.8 Å². The summed E-state index contributed by atoms with van der Waals surface area (Å²) in [5, 5.41) is 14.4. The first-order valence-electron chi connectivity index (χ1n) is 6.30. The predicted octanol–water partition coefficient (Wildman–Crippen LogP) is 4.22. The lowest BCUT2D eigenvalue weighted by atomic mass is 10.1. The fraction of sp³-hybridized carbons (Fsp3) is 0.200. The quantitative estimate of drug-likeness (QED) is 0.613. The van der Waals surface area contributed by atoms with Crippen LogP contribution in [0.1, 0.15) is 12.0 Å². The number of thioether (sulfide) groups is 1. The minimum Gasteiger partial charge on any atom is -0.260 e. The summed E-state index contributed by atoms with van der Waals surface area (Å²) in [6, 6.07) is 11.6. The molecule has 0 atom stereocenters. The first-order chi connectivity index (χ1) is 10.1. The number of nitriles is 1. The van der Waals surface area contributed by atoms with Crippen LogP contribution in [0.25, 0.3) is 11.3 Å². The van der Waals surface area contributed by atoms with E-state index in [-0.39, 0.29) is 6.42 Å². The summed E-state index contributed by atoms with van der Waals surface area (Å²) in [7, 11) is 1.75. The van der Waals surface area contributed by atoms with Gasteiger partial charge in [0.2, 0.25) is 0 Å². The van der Waals surface area contributed by atoms with Crippen LogP contribution in [-0.4, -0.2) is 15.5 Å². The number of hydrogen-bond acceptors (Lipinski definition) is 3. The molecule has 2 rings (SSSR count). The lowest BCUT2D eigenvalue weighted by molar-refractivity contribution is 0.418. The Morgan fingerprint density at radius 3 is 2.71 bits per heavy atom. The fourth-order valence-electron chi connectivity index (χ4n) is 1.90. The maximum Gasteiger partial charge on any atom is 0.266 e. The Morgan fingerprint density at radius 2 is 2.10 bits per heavy atom. The van der Waals surface area contributed by atoms with Gasteiger partial charge in [0.1, 0.15) is 22.4 Å². The molecule has 0 aliphatic carbocycles. The second-order valence-electron chi connectivity index (χ2n) is 4.26. The van der Waals surface area contributed by atoms with Gasteiger partial charge in [0, 0.05) is 18.4 Å². The van der Waals surface area contributed by atoms with Crippen LogP contribution in [0.5, 0.6) is 0 Å². The molecule has 0 fully saturated rings. The first kappa shape index (κ1) is 15.3. The molecular weight excluding hydrogens is 292 g/mol. The molecule has 21 heavy (non-hydrogen) atoms. The number of aromatic nitrogens is 2. The molecule has 0 aliphatic heterocycles. The average molecular weight is 305 g/mol. The smallest absolute Gasteiger partial charge is 0.260 e. The SMILES string of the molecule is Cn1nc(-c2ccccc2)c(C#N)c1SCCC=C(F)F. The van der Waals surface area contributed by atoms with Crippen molar-refractivity contribution in [2.75, 3.05) is 5.75 Å². The average Bonchev–Trinajstić information content (AvgIpc) is 2.80. The molecule has 0 unspecified atom stereocenters. The molecule has 0 N–H and O–H groups in total. The number of benzene rings is 1. The molecule has 0 bridgehead atoms. The molecule has 3 nitrogen and oxygen atoms in total. The Hall–Kier alpha value is -2.13. The zero-order chi connectivity index (χ0) is 15.2. The van der Waals surface area contributed by atoms with Crippen LogP contribution in [0.15, 0.2) is 47.5 Å². The van der Waals surface area contributed by atoms with Crippen LogP contribution in [-0.2, 0) is 7.05 Å². The van der Waals surface area contributed by atoms with Crippen LogP contribution in [0.2, 0.25) is 0 Å². The van der Waals surface area contributed by atoms with E-state index in [9.17, 15) is 14.0 Å². The number of rotatable bonds is 5. The van der Waals surface area contributed by atoms with Gasteiger partial charge in [0.25, 0.3) is 6.08 Å². The van der Waals surface area contributed by atoms with Crippen molar-refractivity contribution in [3.8, 4) is 17.3 Å². The van der Waals surface area contributed by atoms with Crippen molar-refractivity contribution in [2.45, 2.75) is 11.4 Å². The molecule has 0 radical (unpaired) electrons. The molecule has 0 amide bonds. The molecule has 6 heteroatoms. The third-order valence-electron chi connectivity index (χ3n) is 2.81. The summed E-state index contributed by atoms with van der Waals surface area (Å²) in [6.07, 6.45) is -0.539. The van der Waals surface area contributed by atoms with Crippen molar-refractivity contribution in [1.82, 2.24) is 9.78 Å². The number of nitrogens with zero attached hydrogens (tertiary/aromatic N) is 3. The molecule has 108 valence electrons. The monoisotopic (exact) mass is 305 g/mol. The molecule has 0 saturated heterocycles. The van der Waals surface area contributed by atoms with Crippen LogP contribution < -0.4 is 0 Å². The molecule has 1 heterocycles. The van der Waals surface area contributed by atoms with Crippen molar-refractivity contribution in [2.24, 2.45) is 7.05 Å². The summed E-state index contributed by atoms with van der Waals surface area (Å²) >= 11 is 1.36. The van der Waals surface area contributed by atoms with Gasteiger partial charge in [-0.15, -0.1) is 11.8 Å². The number of aryl methyl sites for hydroxylation is 1. The van der Waals surface area contributed by atoms with Crippen LogP contribution in [0.3, 0.4) is 0 Å². The first-order valence-corrected chi connectivity index (χ1v) is 7.28. The Balaban J connectivity index is 2.25. The largest absolute Gasteiger partial charge is 0.266 e. The molecule has 1 aromatic carbocycles. The van der Waals surface area contributed by atoms with Gasteiger partial charge in [-0.3, -0.25) is 4.68 Å². The zero-order valence-electron chi connectivity index (χ0n) is 11.4. The normalized spacial score (nSPS) is 10.2. The second-order valence-corrected chi connectivity index (χ2v) is 5.34. The van der Waals surface area contributed by atoms with Gasteiger partial charge in [-0.25, -0.2) is 0 Å². The molecular formula is C15H13F2N3S. The topological polar surface area (TPSA) is 41.6 Å². The summed E-state index contributed by atoms with van der Waals surface area (Å²) < 4.78 is 25.6. The van der Waals surface area contributed by atoms with Gasteiger partial charge in [0.15, 0.2) is 0 Å². The van der Waals surface area contributed by atoms with Gasteiger partial charge in [-0.2, -0.15) is 19.1 Å². The van der Waals surface area contributed by atoms with E-state index in [2.05, 4.69) is 11.2 Å². The van der Waals surface area contributed by atoms with Crippen molar-refractivity contribution in [3.05, 3.63) is 48.1 Å². The Labute approximate surface area is 125 Å². The van der Waals surface area contributed by atoms with Gasteiger partial charge in [0.05, 0.1) is 0 Å². The van der Waals surface area contributed by atoms with E-state index in [1.165, 1.54) is 11.8 Å². The summed E-state index contributed by atoms with van der Waals surface area (Å²) in [4.78, 5) is 0. The Bertz CT molecular complexity index is 683. The number of halogens is 2. The highest BCUT2D eigenvalue weighted by molar-refractivity contribution is 7.99. The summed E-state index contributed by atoms with van der Waals surface area (Å²) in [5.74, 6) is 0.472. The van der Waals surface area contributed by atoms with Crippen LogP contribution in [0, 0.1) is 11.3 Å². The van der Waals surface area contributed by atoms with E-state index in [1.807, 2.05) is 30.3 Å². The summed E-state index contributed by atoms with van der Waals surface area (Å²) in [5.41, 5.74) is 1.97. The molecule has 0 spiro atoms. The van der Waals surface area contributed by atoms with Gasteiger partial charge >= 0.3 is 0 Å². The highest BCUT2D eigenvalue weighted by Gasteiger charge is 2.17. The summed E-state index contributed by atoms with van der Waals surface area (Å²) in [6.45, 7) is 0. The van der Waals surface area contributed by atoms with Gasteiger partial charge in [-0.1, -0.05) is 30.3 Å². The van der Waals surface area contributed by atoms with E-state index >= 15 is 0 Å². The highest BCUT2D eigenvalue weighted by atomic mass is 32.2. The molecule has 0 saturated carbocycles. The lowest BCUT2D eigenvalue weighted by Gasteiger charge is -2.00. The third kappa shape index (κ3) is 3.70. The predicted molar refractivity (Wildman–Crippen MR) is 79.0 cm³/mol. The number of allylic oxidation sites excluding steroid dienone is 1. The second kappa shape index (κ2) is 7.04. The van der Waals surface area contributed by atoms with Gasteiger partial charge in [-0.05, 0) is 12.5 Å². The lowest BCUT2D eigenvalue weighted by Crippen LogP contribution is -1.93. The minimum atomic E-state index is -1.67. The van der Waals surface area contributed by atoms with Crippen molar-refractivity contribution in [1.29, 1.82) is 5.26 Å². The highest BCUT2D eigenvalue weighted by Crippen LogP contribution is 2.31. The van der Waals surface area contributed by atoms with Crippen LogP contribution in [0.4, 0.5) is 8.78 Å². The van der Waals surface area contributed by atoms with Gasteiger partial charge < -0.3 is 0 Å². The maximum absolute atomic E-state index is 12.0. The molecule has 1 aromatic heterocycles. The van der Waals surface area contributed by atoms with E-state index in [0.29, 0.717) is 22.0 Å². The van der Waals surface area contributed by atoms with E-state index in [0.717, 1.165) is 11.6 Å². The van der Waals surface area contributed by atoms with Crippen molar-refractivity contribution in [3.63, 3.8) is 0 Å². The van der Waals surface area contributed by atoms with E-state index in [4.69, 9.17) is 0 Å². The zero-order valence-corrected chi connectivity index (χ0v) is 12.2. The fourth-order valence-corrected chi connectivity index (χ4v) is 2.84. The molecule has 0 aliphatic rings. The maximum atomic E-state index is 12.0. The standard InChI is InChI=1S/C15H13F2N3S/c1-20-15(21-9-5-8-13(16)17)12(10-18)14(19-20)11-6-3-2-4-7-11/h2-4,6-8H,5,9H2,1H3. The van der Waals surface area contributed by atoms with E-state index < -0.39 is 6.08 Å². The third-order valence-corrected chi connectivity index (χ3v) is 3.99. The Kier molecular flexibility index (Phi) is 5.12. The Morgan fingerprint density at radius 1 is 1.38 bits per heavy atom. The molecule has 2 aromatic rings. The van der Waals surface area contributed by atoms with E-state index in [1.54, 1.807) is 11.7 Å².